The second-order valence-electron chi connectivity index (χ2n) is 8.26. The first-order valence-electron chi connectivity index (χ1n) is 11.6. The maximum absolute atomic E-state index is 12.6. The number of likely N-dealkylation sites (tertiary alicyclic amines) is 1. The van der Waals surface area contributed by atoms with E-state index in [1.165, 1.54) is 19.3 Å². The maximum atomic E-state index is 12.6. The molecule has 1 aliphatic rings. The molecule has 2 aromatic rings. The fourth-order valence-electron chi connectivity index (χ4n) is 4.03. The number of carbonyl (C=O) groups is 2. The third-order valence-corrected chi connectivity index (χ3v) is 5.89. The van der Waals surface area contributed by atoms with Gasteiger partial charge in [0.1, 0.15) is 0 Å². The molecule has 1 saturated heterocycles. The van der Waals surface area contributed by atoms with Crippen LogP contribution in [0.4, 0.5) is 10.5 Å². The number of amides is 2. The van der Waals surface area contributed by atoms with Crippen LogP contribution in [-0.4, -0.2) is 66.8 Å². The van der Waals surface area contributed by atoms with E-state index in [1.807, 2.05) is 37.3 Å². The molecule has 0 bridgehead atoms. The summed E-state index contributed by atoms with van der Waals surface area (Å²) in [6.07, 6.45) is 4.89. The van der Waals surface area contributed by atoms with Crippen molar-refractivity contribution in [3.05, 3.63) is 48.2 Å². The van der Waals surface area contributed by atoms with Crippen molar-refractivity contribution in [2.24, 2.45) is 0 Å². The van der Waals surface area contributed by atoms with Gasteiger partial charge in [-0.2, -0.15) is 0 Å². The van der Waals surface area contributed by atoms with Crippen LogP contribution in [0.3, 0.4) is 0 Å². The van der Waals surface area contributed by atoms with Crippen molar-refractivity contribution in [2.45, 2.75) is 38.7 Å². The fourth-order valence-corrected chi connectivity index (χ4v) is 4.03. The largest absolute Gasteiger partial charge is 0.481 e. The summed E-state index contributed by atoms with van der Waals surface area (Å²) in [5.74, 6) is -0.899. The van der Waals surface area contributed by atoms with Crippen LogP contribution in [0.1, 0.15) is 44.3 Å². The molecule has 8 nitrogen and oxygen atoms in total. The van der Waals surface area contributed by atoms with Gasteiger partial charge < -0.3 is 20.1 Å². The highest BCUT2D eigenvalue weighted by molar-refractivity contribution is 5.91. The number of nitrogens with zero attached hydrogens (tertiary/aromatic N) is 3. The predicted octanol–water partition coefficient (Wildman–Crippen LogP) is 3.93. The van der Waals surface area contributed by atoms with Crippen LogP contribution < -0.4 is 10.2 Å². The lowest BCUT2D eigenvalue weighted by molar-refractivity contribution is -0.140. The van der Waals surface area contributed by atoms with Gasteiger partial charge in [-0.3, -0.25) is 14.7 Å². The Bertz CT molecular complexity index is 913. The first-order chi connectivity index (χ1) is 16.0. The molecule has 3 rings (SSSR count). The summed E-state index contributed by atoms with van der Waals surface area (Å²) in [7, 11) is 1.75. The number of carboxylic acids is 1. The van der Waals surface area contributed by atoms with Gasteiger partial charge in [0, 0.05) is 44.2 Å². The molecule has 0 unspecified atom stereocenters. The minimum atomic E-state index is -0.899. The normalized spacial score (nSPS) is 15.1. The number of pyridine rings is 1. The van der Waals surface area contributed by atoms with Crippen LogP contribution in [0.25, 0.3) is 11.3 Å². The zero-order chi connectivity index (χ0) is 23.6. The summed E-state index contributed by atoms with van der Waals surface area (Å²) in [6, 6.07) is 11.1. The Morgan fingerprint density at radius 1 is 1.18 bits per heavy atom. The molecular weight excluding hydrogens is 420 g/mol. The smallest absolute Gasteiger partial charge is 0.321 e. The van der Waals surface area contributed by atoms with Gasteiger partial charge in [-0.15, -0.1) is 0 Å². The van der Waals surface area contributed by atoms with Crippen LogP contribution in [0.15, 0.2) is 42.6 Å². The van der Waals surface area contributed by atoms with E-state index in [2.05, 4.69) is 15.2 Å². The number of carbonyl (C=O) groups excluding carboxylic acids is 1. The zero-order valence-corrected chi connectivity index (χ0v) is 19.5. The molecule has 1 atom stereocenters. The molecule has 1 aromatic heterocycles. The third kappa shape index (κ3) is 7.27. The monoisotopic (exact) mass is 454 g/mol. The summed E-state index contributed by atoms with van der Waals surface area (Å²) >= 11 is 0. The van der Waals surface area contributed by atoms with Crippen molar-refractivity contribution >= 4 is 17.7 Å². The van der Waals surface area contributed by atoms with Crippen molar-refractivity contribution in [3.8, 4) is 11.3 Å². The number of anilines is 1. The fraction of sp³-hybridized carbons (Fsp3) is 0.480. The molecule has 2 N–H and O–H groups in total. The van der Waals surface area contributed by atoms with Gasteiger partial charge in [-0.25, -0.2) is 4.79 Å². The van der Waals surface area contributed by atoms with E-state index in [0.717, 1.165) is 42.1 Å². The first kappa shape index (κ1) is 24.7. The molecule has 2 heterocycles. The Labute approximate surface area is 195 Å². The summed E-state index contributed by atoms with van der Waals surface area (Å²) < 4.78 is 5.58. The average Bonchev–Trinajstić information content (AvgIpc) is 2.84. The molecule has 0 saturated carbocycles. The molecule has 33 heavy (non-hydrogen) atoms. The number of aliphatic carboxylic acids is 1. The number of hydrogen-bond acceptors (Lipinski definition) is 5. The van der Waals surface area contributed by atoms with Gasteiger partial charge in [0.15, 0.2) is 0 Å². The van der Waals surface area contributed by atoms with Crippen LogP contribution in [0, 0.1) is 0 Å². The second-order valence-corrected chi connectivity index (χ2v) is 8.26. The Morgan fingerprint density at radius 3 is 2.58 bits per heavy atom. The minimum Gasteiger partial charge on any atom is -0.481 e. The van der Waals surface area contributed by atoms with Crippen LogP contribution >= 0.6 is 0 Å². The van der Waals surface area contributed by atoms with E-state index in [1.54, 1.807) is 24.2 Å². The Morgan fingerprint density at radius 2 is 1.91 bits per heavy atom. The molecule has 0 aliphatic carbocycles. The maximum Gasteiger partial charge on any atom is 0.321 e. The molecule has 0 spiro atoms. The molecule has 2 amide bonds. The van der Waals surface area contributed by atoms with Gasteiger partial charge in [0.25, 0.3) is 0 Å². The van der Waals surface area contributed by atoms with Crippen molar-refractivity contribution in [3.63, 3.8) is 0 Å². The molecule has 8 heteroatoms. The van der Waals surface area contributed by atoms with Crippen molar-refractivity contribution in [2.75, 3.05) is 44.7 Å². The van der Waals surface area contributed by atoms with Crippen LogP contribution in [-0.2, 0) is 9.53 Å². The molecule has 178 valence electrons. The third-order valence-electron chi connectivity index (χ3n) is 5.89. The van der Waals surface area contributed by atoms with Gasteiger partial charge in [0.2, 0.25) is 0 Å². The van der Waals surface area contributed by atoms with E-state index in [9.17, 15) is 9.59 Å². The van der Waals surface area contributed by atoms with Crippen molar-refractivity contribution in [1.82, 2.24) is 15.2 Å². The molecule has 1 aliphatic heterocycles. The number of aromatic nitrogens is 1. The Kier molecular flexibility index (Phi) is 9.21. The van der Waals surface area contributed by atoms with Gasteiger partial charge in [-0.1, -0.05) is 30.7 Å². The minimum absolute atomic E-state index is 0.0847. The summed E-state index contributed by atoms with van der Waals surface area (Å²) in [6.45, 7) is 6.01. The van der Waals surface area contributed by atoms with Crippen molar-refractivity contribution in [1.29, 1.82) is 0 Å². The van der Waals surface area contributed by atoms with E-state index >= 15 is 0 Å². The lowest BCUT2D eigenvalue weighted by Gasteiger charge is -2.27. The number of piperidine rings is 1. The topological polar surface area (TPSA) is 95.0 Å². The Hall–Kier alpha value is -2.97. The summed E-state index contributed by atoms with van der Waals surface area (Å²) in [5.41, 5.74) is 3.17. The SMILES string of the molecule is CCO[C@@H](CC(=O)O)c1ccc(-c2cc(N(C)C(=O)NCCN3CCCCC3)ccn2)cc1. The number of rotatable bonds is 10. The number of nitrogens with one attached hydrogen (secondary N) is 1. The predicted molar refractivity (Wildman–Crippen MR) is 128 cm³/mol. The lowest BCUT2D eigenvalue weighted by Crippen LogP contribution is -2.42. The Balaban J connectivity index is 1.62. The zero-order valence-electron chi connectivity index (χ0n) is 19.5. The number of ether oxygens (including phenoxy) is 1. The number of urea groups is 1. The number of hydrogen-bond donors (Lipinski definition) is 2. The molecular formula is C25H34N4O4. The molecule has 1 aromatic carbocycles. The summed E-state index contributed by atoms with van der Waals surface area (Å²) in [4.78, 5) is 32.2. The molecule has 1 fully saturated rings. The van der Waals surface area contributed by atoms with E-state index in [4.69, 9.17) is 9.84 Å². The van der Waals surface area contributed by atoms with Crippen molar-refractivity contribution < 1.29 is 19.4 Å². The lowest BCUT2D eigenvalue weighted by atomic mass is 10.0. The van der Waals surface area contributed by atoms with E-state index in [-0.39, 0.29) is 12.5 Å². The van der Waals surface area contributed by atoms with Gasteiger partial charge in [-0.05, 0) is 50.6 Å². The second kappa shape index (κ2) is 12.3. The van der Waals surface area contributed by atoms with Crippen LogP contribution in [0.2, 0.25) is 0 Å². The number of carboxylic acid groups (broad SMARTS) is 1. The average molecular weight is 455 g/mol. The van der Waals surface area contributed by atoms with Gasteiger partial charge >= 0.3 is 12.0 Å². The highest BCUT2D eigenvalue weighted by atomic mass is 16.5. The molecule has 0 radical (unpaired) electrons. The number of benzene rings is 1. The quantitative estimate of drug-likeness (QED) is 0.565. The standard InChI is InChI=1S/C25H34N4O4/c1-3-33-23(18-24(30)31)20-9-7-19(8-10-20)22-17-21(11-12-26-22)28(2)25(32)27-13-16-29-14-5-4-6-15-29/h7-12,17,23H,3-6,13-16,18H2,1-2H3,(H,27,32)(H,30,31)/t23-/m0/s1. The highest BCUT2D eigenvalue weighted by Gasteiger charge is 2.17. The highest BCUT2D eigenvalue weighted by Crippen LogP contribution is 2.26. The van der Waals surface area contributed by atoms with E-state index in [0.29, 0.717) is 13.2 Å². The van der Waals surface area contributed by atoms with Gasteiger partial charge in [0.05, 0.1) is 18.2 Å². The van der Waals surface area contributed by atoms with E-state index < -0.39 is 12.1 Å². The summed E-state index contributed by atoms with van der Waals surface area (Å²) in [5, 5.41) is 12.1. The first-order valence-corrected chi connectivity index (χ1v) is 11.6. The van der Waals surface area contributed by atoms with Crippen LogP contribution in [0.5, 0.6) is 0 Å².